The molecular formula is C16H20N2O2. The molecule has 0 atom stereocenters. The van der Waals surface area contributed by atoms with Crippen molar-refractivity contribution in [2.75, 3.05) is 13.2 Å². The lowest BCUT2D eigenvalue weighted by molar-refractivity contribution is 0.172. The number of rotatable bonds is 1. The van der Waals surface area contributed by atoms with E-state index in [4.69, 9.17) is 14.5 Å². The second kappa shape index (κ2) is 5.00. The quantitative estimate of drug-likeness (QED) is 0.804. The molecule has 1 aromatic carbocycles. The van der Waals surface area contributed by atoms with E-state index < -0.39 is 0 Å². The maximum Gasteiger partial charge on any atom is 0.163 e. The van der Waals surface area contributed by atoms with Crippen molar-refractivity contribution in [3.05, 3.63) is 18.0 Å². The second-order valence-electron chi connectivity index (χ2n) is 5.82. The van der Waals surface area contributed by atoms with Gasteiger partial charge in [0, 0.05) is 18.1 Å². The summed E-state index contributed by atoms with van der Waals surface area (Å²) < 4.78 is 11.3. The molecule has 4 nitrogen and oxygen atoms in total. The molecule has 1 aliphatic heterocycles. The van der Waals surface area contributed by atoms with E-state index in [-0.39, 0.29) is 0 Å². The fourth-order valence-electron chi connectivity index (χ4n) is 3.31. The van der Waals surface area contributed by atoms with Crippen LogP contribution in [-0.2, 0) is 0 Å². The fraction of sp³-hybridized carbons (Fsp3) is 0.562. The molecule has 2 aromatic rings. The molecule has 1 aliphatic carbocycles. The number of aromatic amines is 1. The number of ether oxygens (including phenoxy) is 2. The summed E-state index contributed by atoms with van der Waals surface area (Å²) in [4.78, 5) is 8.29. The smallest absolute Gasteiger partial charge is 0.163 e. The summed E-state index contributed by atoms with van der Waals surface area (Å²) in [6, 6.07) is 4.03. The van der Waals surface area contributed by atoms with Gasteiger partial charge < -0.3 is 14.5 Å². The predicted octanol–water partition coefficient (Wildman–Crippen LogP) is 3.77. The average Bonchev–Trinajstić information content (AvgIpc) is 2.71. The minimum absolute atomic E-state index is 0.587. The molecule has 0 bridgehead atoms. The van der Waals surface area contributed by atoms with E-state index in [1.54, 1.807) is 0 Å². The van der Waals surface area contributed by atoms with Crippen LogP contribution in [0.2, 0.25) is 0 Å². The third kappa shape index (κ3) is 2.13. The molecule has 20 heavy (non-hydrogen) atoms. The van der Waals surface area contributed by atoms with Crippen LogP contribution in [0.3, 0.4) is 0 Å². The monoisotopic (exact) mass is 272 g/mol. The number of aromatic nitrogens is 2. The number of nitrogens with one attached hydrogen (secondary N) is 1. The Labute approximate surface area is 118 Å². The van der Waals surface area contributed by atoms with Crippen LogP contribution < -0.4 is 9.47 Å². The summed E-state index contributed by atoms with van der Waals surface area (Å²) in [5.41, 5.74) is 2.06. The lowest BCUT2D eigenvalue weighted by Gasteiger charge is -2.17. The molecule has 0 saturated heterocycles. The third-order valence-corrected chi connectivity index (χ3v) is 4.41. The zero-order valence-electron chi connectivity index (χ0n) is 11.7. The van der Waals surface area contributed by atoms with E-state index in [2.05, 4.69) is 4.98 Å². The molecule has 1 saturated carbocycles. The van der Waals surface area contributed by atoms with Crippen LogP contribution in [0.1, 0.15) is 50.3 Å². The van der Waals surface area contributed by atoms with Crippen LogP contribution in [-0.4, -0.2) is 23.2 Å². The largest absolute Gasteiger partial charge is 0.486 e. The van der Waals surface area contributed by atoms with Crippen LogP contribution in [0.4, 0.5) is 0 Å². The molecule has 106 valence electrons. The zero-order valence-corrected chi connectivity index (χ0v) is 11.7. The highest BCUT2D eigenvalue weighted by atomic mass is 16.6. The maximum absolute atomic E-state index is 5.63. The van der Waals surface area contributed by atoms with Crippen molar-refractivity contribution < 1.29 is 9.47 Å². The molecule has 0 spiro atoms. The van der Waals surface area contributed by atoms with Gasteiger partial charge >= 0.3 is 0 Å². The molecular weight excluding hydrogens is 252 g/mol. The summed E-state index contributed by atoms with van der Waals surface area (Å²) in [5.74, 6) is 3.38. The van der Waals surface area contributed by atoms with Gasteiger partial charge in [0.05, 0.1) is 11.0 Å². The number of H-pyrrole nitrogens is 1. The Morgan fingerprint density at radius 2 is 1.65 bits per heavy atom. The number of hydrogen-bond acceptors (Lipinski definition) is 3. The first kappa shape index (κ1) is 12.1. The molecule has 0 radical (unpaired) electrons. The van der Waals surface area contributed by atoms with Gasteiger partial charge in [0.15, 0.2) is 11.5 Å². The van der Waals surface area contributed by atoms with Gasteiger partial charge in [-0.3, -0.25) is 0 Å². The van der Waals surface area contributed by atoms with E-state index in [1.807, 2.05) is 12.1 Å². The summed E-state index contributed by atoms with van der Waals surface area (Å²) in [7, 11) is 0. The molecule has 4 rings (SSSR count). The van der Waals surface area contributed by atoms with Gasteiger partial charge in [-0.25, -0.2) is 4.98 Å². The highest BCUT2D eigenvalue weighted by molar-refractivity contribution is 5.80. The van der Waals surface area contributed by atoms with Crippen LogP contribution >= 0.6 is 0 Å². The standard InChI is InChI=1S/C16H20N2O2/c1-2-4-6-11(5-3-1)16-17-12-9-14-15(10-13(12)18-16)20-8-7-19-14/h9-11H,1-8H2,(H,17,18). The number of hydrogen-bond donors (Lipinski definition) is 1. The molecule has 1 fully saturated rings. The molecule has 2 aliphatic rings. The molecule has 1 aromatic heterocycles. The number of benzene rings is 1. The van der Waals surface area contributed by atoms with Crippen molar-refractivity contribution in [1.82, 2.24) is 9.97 Å². The Bertz CT molecular complexity index is 569. The summed E-state index contributed by atoms with van der Waals surface area (Å²) in [5, 5.41) is 0. The van der Waals surface area contributed by atoms with Crippen LogP contribution in [0, 0.1) is 0 Å². The van der Waals surface area contributed by atoms with E-state index in [0.717, 1.165) is 28.4 Å². The molecule has 0 amide bonds. The number of fused-ring (bicyclic) bond motifs is 2. The highest BCUT2D eigenvalue weighted by Gasteiger charge is 2.20. The molecule has 1 N–H and O–H groups in total. The normalized spacial score (nSPS) is 20.0. The Hall–Kier alpha value is -1.71. The molecule has 2 heterocycles. The Morgan fingerprint density at radius 3 is 2.40 bits per heavy atom. The van der Waals surface area contributed by atoms with Gasteiger partial charge in [0.25, 0.3) is 0 Å². The van der Waals surface area contributed by atoms with Gasteiger partial charge in [0.1, 0.15) is 19.0 Å². The van der Waals surface area contributed by atoms with Crippen molar-refractivity contribution >= 4 is 11.0 Å². The Balaban J connectivity index is 1.70. The first-order valence-corrected chi connectivity index (χ1v) is 7.69. The number of imidazole rings is 1. The third-order valence-electron chi connectivity index (χ3n) is 4.41. The summed E-state index contributed by atoms with van der Waals surface area (Å²) in [6.45, 7) is 1.25. The topological polar surface area (TPSA) is 47.1 Å². The highest BCUT2D eigenvalue weighted by Crippen LogP contribution is 2.36. The van der Waals surface area contributed by atoms with E-state index in [9.17, 15) is 0 Å². The fourth-order valence-corrected chi connectivity index (χ4v) is 3.31. The van der Waals surface area contributed by atoms with Crippen LogP contribution in [0.5, 0.6) is 11.5 Å². The van der Waals surface area contributed by atoms with Gasteiger partial charge in [-0.2, -0.15) is 0 Å². The van der Waals surface area contributed by atoms with Gasteiger partial charge in [-0.1, -0.05) is 25.7 Å². The lowest BCUT2D eigenvalue weighted by atomic mass is 10.00. The Morgan fingerprint density at radius 1 is 0.950 bits per heavy atom. The first-order chi connectivity index (χ1) is 9.90. The molecule has 4 heteroatoms. The summed E-state index contributed by atoms with van der Waals surface area (Å²) >= 11 is 0. The van der Waals surface area contributed by atoms with E-state index in [0.29, 0.717) is 19.1 Å². The number of nitrogens with zero attached hydrogens (tertiary/aromatic N) is 1. The van der Waals surface area contributed by atoms with Gasteiger partial charge in [0.2, 0.25) is 0 Å². The van der Waals surface area contributed by atoms with Gasteiger partial charge in [-0.15, -0.1) is 0 Å². The Kier molecular flexibility index (Phi) is 3.02. The van der Waals surface area contributed by atoms with Crippen molar-refractivity contribution in [1.29, 1.82) is 0 Å². The van der Waals surface area contributed by atoms with Crippen LogP contribution in [0.25, 0.3) is 11.0 Å². The summed E-state index contributed by atoms with van der Waals surface area (Å²) in [6.07, 6.45) is 7.90. The lowest BCUT2D eigenvalue weighted by Crippen LogP contribution is -2.15. The van der Waals surface area contributed by atoms with Crippen molar-refractivity contribution in [3.63, 3.8) is 0 Å². The maximum atomic E-state index is 5.63. The first-order valence-electron chi connectivity index (χ1n) is 7.69. The van der Waals surface area contributed by atoms with E-state index >= 15 is 0 Å². The van der Waals surface area contributed by atoms with Crippen molar-refractivity contribution in [3.8, 4) is 11.5 Å². The zero-order chi connectivity index (χ0) is 13.4. The minimum Gasteiger partial charge on any atom is -0.486 e. The van der Waals surface area contributed by atoms with Crippen LogP contribution in [0.15, 0.2) is 12.1 Å². The van der Waals surface area contributed by atoms with Crippen molar-refractivity contribution in [2.45, 2.75) is 44.4 Å². The minimum atomic E-state index is 0.587. The van der Waals surface area contributed by atoms with Gasteiger partial charge in [-0.05, 0) is 12.8 Å². The average molecular weight is 272 g/mol. The SMILES string of the molecule is c1c2c(cc3[nH]c(C4CCCCCC4)nc13)OCCO2. The molecule has 0 unspecified atom stereocenters. The second-order valence-corrected chi connectivity index (χ2v) is 5.82. The predicted molar refractivity (Wildman–Crippen MR) is 77.5 cm³/mol. The van der Waals surface area contributed by atoms with E-state index in [1.165, 1.54) is 38.5 Å². The van der Waals surface area contributed by atoms with Crippen molar-refractivity contribution in [2.24, 2.45) is 0 Å².